The minimum atomic E-state index is -0.0648. The lowest BCUT2D eigenvalue weighted by Gasteiger charge is -2.38. The average molecular weight is 327 g/mol. The van der Waals surface area contributed by atoms with Crippen LogP contribution in [0, 0.1) is 0 Å². The first-order valence-corrected chi connectivity index (χ1v) is 8.26. The van der Waals surface area contributed by atoms with Crippen molar-refractivity contribution in [3.8, 4) is 11.5 Å². The van der Waals surface area contributed by atoms with Crippen molar-refractivity contribution in [2.75, 3.05) is 33.0 Å². The molecule has 4 rings (SSSR count). The van der Waals surface area contributed by atoms with Crippen molar-refractivity contribution in [3.05, 3.63) is 59.7 Å². The van der Waals surface area contributed by atoms with Gasteiger partial charge in [-0.25, -0.2) is 0 Å². The second-order valence-corrected chi connectivity index (χ2v) is 6.12. The molecule has 0 unspecified atom stereocenters. The number of morpholine rings is 1. The summed E-state index contributed by atoms with van der Waals surface area (Å²) >= 11 is 0. The van der Waals surface area contributed by atoms with Crippen molar-refractivity contribution in [1.82, 2.24) is 4.90 Å². The van der Waals surface area contributed by atoms with Crippen LogP contribution in [0.2, 0.25) is 0 Å². The lowest BCUT2D eigenvalue weighted by Crippen LogP contribution is -2.41. The molecule has 2 aliphatic rings. The summed E-state index contributed by atoms with van der Waals surface area (Å²) in [6, 6.07) is 16.2. The number of aliphatic hydroxyl groups is 1. The zero-order chi connectivity index (χ0) is 16.4. The predicted octanol–water partition coefficient (Wildman–Crippen LogP) is 2.52. The maximum atomic E-state index is 9.34. The van der Waals surface area contributed by atoms with Gasteiger partial charge in [-0.3, -0.25) is 4.90 Å². The van der Waals surface area contributed by atoms with Crippen LogP contribution in [0.4, 0.5) is 0 Å². The first-order chi connectivity index (χ1) is 11.8. The van der Waals surface area contributed by atoms with Gasteiger partial charge in [-0.2, -0.15) is 0 Å². The predicted molar refractivity (Wildman–Crippen MR) is 89.1 cm³/mol. The molecule has 126 valence electrons. The Bertz CT molecular complexity index is 691. The van der Waals surface area contributed by atoms with Gasteiger partial charge in [-0.05, 0) is 23.3 Å². The summed E-state index contributed by atoms with van der Waals surface area (Å²) in [6.07, 6.45) is -0.0769. The number of ether oxygens (including phenoxy) is 3. The van der Waals surface area contributed by atoms with E-state index in [0.717, 1.165) is 35.7 Å². The third-order valence-electron chi connectivity index (χ3n) is 4.53. The Balaban J connectivity index is 1.59. The summed E-state index contributed by atoms with van der Waals surface area (Å²) in [6.45, 7) is 2.60. The second-order valence-electron chi connectivity index (χ2n) is 6.12. The van der Waals surface area contributed by atoms with Crippen LogP contribution < -0.4 is 9.47 Å². The molecule has 0 aromatic heterocycles. The Labute approximate surface area is 141 Å². The molecule has 1 saturated heterocycles. The van der Waals surface area contributed by atoms with Crippen molar-refractivity contribution in [2.45, 2.75) is 12.2 Å². The maximum absolute atomic E-state index is 9.34. The SMILES string of the molecule is OCCN1C[C@@H](c2ccccc2)O[C@@H](c2ccc3c(c2)OCO3)C1. The van der Waals surface area contributed by atoms with Gasteiger partial charge in [0.05, 0.1) is 18.8 Å². The fraction of sp³-hybridized carbons (Fsp3) is 0.368. The van der Waals surface area contributed by atoms with Gasteiger partial charge in [0, 0.05) is 19.6 Å². The smallest absolute Gasteiger partial charge is 0.231 e. The highest BCUT2D eigenvalue weighted by Gasteiger charge is 2.30. The zero-order valence-corrected chi connectivity index (χ0v) is 13.4. The van der Waals surface area contributed by atoms with Crippen LogP contribution in [0.3, 0.4) is 0 Å². The standard InChI is InChI=1S/C19H21NO4/c21-9-8-20-11-18(14-4-2-1-3-5-14)24-19(12-20)15-6-7-16-17(10-15)23-13-22-16/h1-7,10,18-19,21H,8-9,11-13H2/t18-,19+/m0/s1. The molecule has 0 bridgehead atoms. The summed E-state index contributed by atoms with van der Waals surface area (Å²) in [4.78, 5) is 2.25. The molecule has 0 saturated carbocycles. The first kappa shape index (κ1) is 15.4. The van der Waals surface area contributed by atoms with Crippen LogP contribution in [-0.2, 0) is 4.74 Å². The van der Waals surface area contributed by atoms with Crippen LogP contribution in [0.25, 0.3) is 0 Å². The molecule has 2 aliphatic heterocycles. The number of benzene rings is 2. The Hall–Kier alpha value is -2.08. The average Bonchev–Trinajstić information content (AvgIpc) is 3.10. The van der Waals surface area contributed by atoms with Crippen LogP contribution in [0.5, 0.6) is 11.5 Å². The molecule has 0 amide bonds. The molecule has 2 atom stereocenters. The maximum Gasteiger partial charge on any atom is 0.231 e. The highest BCUT2D eigenvalue weighted by molar-refractivity contribution is 5.45. The van der Waals surface area contributed by atoms with Crippen molar-refractivity contribution in [2.24, 2.45) is 0 Å². The Morgan fingerprint density at radius 1 is 0.917 bits per heavy atom. The van der Waals surface area contributed by atoms with Gasteiger partial charge in [0.15, 0.2) is 11.5 Å². The molecule has 2 aromatic rings. The number of aliphatic hydroxyl groups excluding tert-OH is 1. The normalized spacial score (nSPS) is 23.4. The Morgan fingerprint density at radius 2 is 1.67 bits per heavy atom. The molecule has 0 aliphatic carbocycles. The van der Waals surface area contributed by atoms with Gasteiger partial charge < -0.3 is 19.3 Å². The van der Waals surface area contributed by atoms with E-state index >= 15 is 0 Å². The van der Waals surface area contributed by atoms with Gasteiger partial charge in [-0.15, -0.1) is 0 Å². The summed E-state index contributed by atoms with van der Waals surface area (Å²) in [7, 11) is 0. The van der Waals surface area contributed by atoms with Gasteiger partial charge in [0.25, 0.3) is 0 Å². The van der Waals surface area contributed by atoms with E-state index in [9.17, 15) is 5.11 Å². The van der Waals surface area contributed by atoms with E-state index in [0.29, 0.717) is 6.54 Å². The van der Waals surface area contributed by atoms with E-state index in [-0.39, 0.29) is 25.6 Å². The minimum absolute atomic E-state index is 0.0121. The van der Waals surface area contributed by atoms with E-state index in [1.165, 1.54) is 0 Å². The lowest BCUT2D eigenvalue weighted by atomic mass is 10.0. The first-order valence-electron chi connectivity index (χ1n) is 8.26. The molecular formula is C19H21NO4. The van der Waals surface area contributed by atoms with Gasteiger partial charge in [-0.1, -0.05) is 36.4 Å². The van der Waals surface area contributed by atoms with E-state index in [1.54, 1.807) is 0 Å². The van der Waals surface area contributed by atoms with Crippen LogP contribution in [0.15, 0.2) is 48.5 Å². The van der Waals surface area contributed by atoms with E-state index < -0.39 is 0 Å². The van der Waals surface area contributed by atoms with Crippen molar-refractivity contribution in [1.29, 1.82) is 0 Å². The third kappa shape index (κ3) is 3.11. The zero-order valence-electron chi connectivity index (χ0n) is 13.4. The van der Waals surface area contributed by atoms with E-state index in [4.69, 9.17) is 14.2 Å². The van der Waals surface area contributed by atoms with Gasteiger partial charge >= 0.3 is 0 Å². The van der Waals surface area contributed by atoms with Crippen molar-refractivity contribution >= 4 is 0 Å². The van der Waals surface area contributed by atoms with Crippen molar-refractivity contribution < 1.29 is 19.3 Å². The monoisotopic (exact) mass is 327 g/mol. The Morgan fingerprint density at radius 3 is 2.46 bits per heavy atom. The Kier molecular flexibility index (Phi) is 4.38. The molecule has 0 spiro atoms. The lowest BCUT2D eigenvalue weighted by molar-refractivity contribution is -0.0920. The molecular weight excluding hydrogens is 306 g/mol. The topological polar surface area (TPSA) is 51.2 Å². The largest absolute Gasteiger partial charge is 0.454 e. The molecule has 5 heteroatoms. The molecule has 1 N–H and O–H groups in total. The quantitative estimate of drug-likeness (QED) is 0.935. The second kappa shape index (κ2) is 6.81. The molecule has 2 aromatic carbocycles. The van der Waals surface area contributed by atoms with Gasteiger partial charge in [0.1, 0.15) is 0 Å². The van der Waals surface area contributed by atoms with Crippen LogP contribution in [-0.4, -0.2) is 43.0 Å². The van der Waals surface area contributed by atoms with Crippen LogP contribution in [0.1, 0.15) is 23.3 Å². The number of hydrogen-bond donors (Lipinski definition) is 1. The summed E-state index contributed by atoms with van der Waals surface area (Å²) < 4.78 is 17.2. The summed E-state index contributed by atoms with van der Waals surface area (Å²) in [5, 5.41) is 9.34. The fourth-order valence-electron chi connectivity index (χ4n) is 3.30. The molecule has 24 heavy (non-hydrogen) atoms. The number of β-amino-alcohol motifs (C(OH)–C–C–N with tert-alkyl or cyclic N) is 1. The number of hydrogen-bond acceptors (Lipinski definition) is 5. The number of rotatable bonds is 4. The molecule has 1 fully saturated rings. The highest BCUT2D eigenvalue weighted by Crippen LogP contribution is 2.38. The third-order valence-corrected chi connectivity index (χ3v) is 4.53. The number of fused-ring (bicyclic) bond motifs is 1. The minimum Gasteiger partial charge on any atom is -0.454 e. The van der Waals surface area contributed by atoms with Gasteiger partial charge in [0.2, 0.25) is 6.79 Å². The molecule has 5 nitrogen and oxygen atoms in total. The van der Waals surface area contributed by atoms with E-state index in [1.807, 2.05) is 36.4 Å². The van der Waals surface area contributed by atoms with Crippen molar-refractivity contribution in [3.63, 3.8) is 0 Å². The highest BCUT2D eigenvalue weighted by atomic mass is 16.7. The van der Waals surface area contributed by atoms with Crippen LogP contribution >= 0.6 is 0 Å². The fourth-order valence-corrected chi connectivity index (χ4v) is 3.30. The summed E-state index contributed by atoms with van der Waals surface area (Å²) in [5.41, 5.74) is 2.23. The van der Waals surface area contributed by atoms with E-state index in [2.05, 4.69) is 17.0 Å². The molecule has 0 radical (unpaired) electrons. The molecule has 2 heterocycles. The summed E-state index contributed by atoms with van der Waals surface area (Å²) in [5.74, 6) is 1.55. The number of nitrogens with zero attached hydrogens (tertiary/aromatic N) is 1.